The SMILES string of the molecule is CN(CC1CCC1)C(=O)c1ccc(Cl)c(S(=O)(=O)Cl)c1. The van der Waals surface area contributed by atoms with Crippen LogP contribution in [0.25, 0.3) is 0 Å². The van der Waals surface area contributed by atoms with Crippen molar-refractivity contribution in [2.75, 3.05) is 13.6 Å². The monoisotopic (exact) mass is 335 g/mol. The van der Waals surface area contributed by atoms with Gasteiger partial charge < -0.3 is 4.90 Å². The summed E-state index contributed by atoms with van der Waals surface area (Å²) in [6.07, 6.45) is 3.49. The second-order valence-electron chi connectivity index (χ2n) is 5.07. The number of amides is 1. The second-order valence-corrected chi connectivity index (χ2v) is 8.01. The van der Waals surface area contributed by atoms with E-state index in [0.29, 0.717) is 12.5 Å². The van der Waals surface area contributed by atoms with Crippen molar-refractivity contribution in [3.05, 3.63) is 28.8 Å². The van der Waals surface area contributed by atoms with Crippen LogP contribution in [0.1, 0.15) is 29.6 Å². The van der Waals surface area contributed by atoms with E-state index in [2.05, 4.69) is 0 Å². The third kappa shape index (κ3) is 3.45. The first-order valence-electron chi connectivity index (χ1n) is 6.28. The Labute approximate surface area is 128 Å². The second kappa shape index (κ2) is 5.92. The van der Waals surface area contributed by atoms with Crippen LogP contribution in [0.4, 0.5) is 0 Å². The van der Waals surface area contributed by atoms with Gasteiger partial charge in [0.25, 0.3) is 15.0 Å². The van der Waals surface area contributed by atoms with Crippen molar-refractivity contribution in [2.24, 2.45) is 5.92 Å². The highest BCUT2D eigenvalue weighted by Crippen LogP contribution is 2.28. The molecule has 0 aliphatic heterocycles. The molecule has 1 amide bonds. The number of nitrogens with zero attached hydrogens (tertiary/aromatic N) is 1. The van der Waals surface area contributed by atoms with Gasteiger partial charge in [0.05, 0.1) is 5.02 Å². The number of halogens is 2. The lowest BCUT2D eigenvalue weighted by Crippen LogP contribution is -2.34. The minimum Gasteiger partial charge on any atom is -0.341 e. The first-order valence-corrected chi connectivity index (χ1v) is 8.97. The summed E-state index contributed by atoms with van der Waals surface area (Å²) in [4.78, 5) is 13.6. The lowest BCUT2D eigenvalue weighted by Gasteiger charge is -2.30. The van der Waals surface area contributed by atoms with E-state index >= 15 is 0 Å². The molecule has 1 aromatic rings. The fourth-order valence-electron chi connectivity index (χ4n) is 2.19. The summed E-state index contributed by atoms with van der Waals surface area (Å²) in [5, 5.41) is 0.0122. The van der Waals surface area contributed by atoms with Crippen molar-refractivity contribution >= 4 is 37.2 Å². The maximum Gasteiger partial charge on any atom is 0.262 e. The molecule has 0 unspecified atom stereocenters. The standard InChI is InChI=1S/C13H15Cl2NO3S/c1-16(8-9-3-2-4-9)13(17)10-5-6-11(14)12(7-10)20(15,18)19/h5-7,9H,2-4,8H2,1H3. The highest BCUT2D eigenvalue weighted by Gasteiger charge is 2.23. The van der Waals surface area contributed by atoms with Crippen LogP contribution < -0.4 is 0 Å². The number of carbonyl (C=O) groups excluding carboxylic acids is 1. The molecular weight excluding hydrogens is 321 g/mol. The van der Waals surface area contributed by atoms with Crippen LogP contribution in [-0.2, 0) is 9.05 Å². The van der Waals surface area contributed by atoms with E-state index in [4.69, 9.17) is 22.3 Å². The van der Waals surface area contributed by atoms with E-state index in [9.17, 15) is 13.2 Å². The van der Waals surface area contributed by atoms with E-state index in [1.54, 1.807) is 11.9 Å². The smallest absolute Gasteiger partial charge is 0.262 e. The summed E-state index contributed by atoms with van der Waals surface area (Å²) in [5.74, 6) is 0.322. The zero-order valence-electron chi connectivity index (χ0n) is 11.0. The molecule has 0 spiro atoms. The molecule has 0 N–H and O–H groups in total. The molecule has 1 fully saturated rings. The summed E-state index contributed by atoms with van der Waals surface area (Å²) >= 11 is 5.79. The van der Waals surface area contributed by atoms with Gasteiger partial charge >= 0.3 is 0 Å². The van der Waals surface area contributed by atoms with Gasteiger partial charge in [-0.25, -0.2) is 8.42 Å². The summed E-state index contributed by atoms with van der Waals surface area (Å²) in [7, 11) is 3.05. The van der Waals surface area contributed by atoms with Gasteiger partial charge in [0.2, 0.25) is 0 Å². The average Bonchev–Trinajstić information content (AvgIpc) is 2.31. The lowest BCUT2D eigenvalue weighted by atomic mass is 9.85. The molecule has 1 saturated carbocycles. The first kappa shape index (κ1) is 15.6. The van der Waals surface area contributed by atoms with Gasteiger partial charge in [0, 0.05) is 29.8 Å². The van der Waals surface area contributed by atoms with Crippen LogP contribution in [0.2, 0.25) is 5.02 Å². The molecule has 2 rings (SSSR count). The van der Waals surface area contributed by atoms with Crippen molar-refractivity contribution in [3.8, 4) is 0 Å². The summed E-state index contributed by atoms with van der Waals surface area (Å²) in [6.45, 7) is 0.685. The molecule has 7 heteroatoms. The minimum absolute atomic E-state index is 0.0122. The van der Waals surface area contributed by atoms with Gasteiger partial charge in [0.1, 0.15) is 4.90 Å². The number of rotatable bonds is 4. The zero-order valence-corrected chi connectivity index (χ0v) is 13.3. The predicted molar refractivity (Wildman–Crippen MR) is 78.8 cm³/mol. The van der Waals surface area contributed by atoms with Crippen LogP contribution in [0.15, 0.2) is 23.1 Å². The molecule has 1 aromatic carbocycles. The third-order valence-electron chi connectivity index (χ3n) is 3.54. The Morgan fingerprint density at radius 3 is 2.55 bits per heavy atom. The van der Waals surface area contributed by atoms with Crippen LogP contribution in [0.5, 0.6) is 0 Å². The molecule has 0 heterocycles. The van der Waals surface area contributed by atoms with Gasteiger partial charge in [-0.15, -0.1) is 0 Å². The topological polar surface area (TPSA) is 54.5 Å². The van der Waals surface area contributed by atoms with E-state index < -0.39 is 9.05 Å². The van der Waals surface area contributed by atoms with Crippen LogP contribution in [0, 0.1) is 5.92 Å². The lowest BCUT2D eigenvalue weighted by molar-refractivity contribution is 0.0745. The Hall–Kier alpha value is -0.780. The fraction of sp³-hybridized carbons (Fsp3) is 0.462. The molecule has 0 bridgehead atoms. The van der Waals surface area contributed by atoms with E-state index in [1.807, 2.05) is 0 Å². The van der Waals surface area contributed by atoms with E-state index in [-0.39, 0.29) is 21.4 Å². The summed E-state index contributed by atoms with van der Waals surface area (Å²) in [5.41, 5.74) is 0.274. The maximum absolute atomic E-state index is 12.3. The number of carbonyl (C=O) groups is 1. The van der Waals surface area contributed by atoms with Gasteiger partial charge in [-0.1, -0.05) is 18.0 Å². The summed E-state index contributed by atoms with van der Waals surface area (Å²) < 4.78 is 22.8. The molecule has 1 aliphatic rings. The van der Waals surface area contributed by atoms with Crippen molar-refractivity contribution < 1.29 is 13.2 Å². The quantitative estimate of drug-likeness (QED) is 0.794. The minimum atomic E-state index is -3.96. The molecule has 4 nitrogen and oxygen atoms in total. The Bertz CT molecular complexity index is 627. The largest absolute Gasteiger partial charge is 0.341 e. The van der Waals surface area contributed by atoms with Gasteiger partial charge in [-0.3, -0.25) is 4.79 Å². The number of hydrogen-bond acceptors (Lipinski definition) is 3. The number of benzene rings is 1. The van der Waals surface area contributed by atoms with Crippen molar-refractivity contribution in [1.29, 1.82) is 0 Å². The van der Waals surface area contributed by atoms with Crippen LogP contribution in [0.3, 0.4) is 0 Å². The maximum atomic E-state index is 12.3. The van der Waals surface area contributed by atoms with Crippen molar-refractivity contribution in [2.45, 2.75) is 24.2 Å². The van der Waals surface area contributed by atoms with E-state index in [1.165, 1.54) is 24.6 Å². The summed E-state index contributed by atoms with van der Waals surface area (Å²) in [6, 6.07) is 4.11. The third-order valence-corrected chi connectivity index (χ3v) is 5.35. The average molecular weight is 336 g/mol. The molecule has 1 aliphatic carbocycles. The molecule has 0 saturated heterocycles. The van der Waals surface area contributed by atoms with E-state index in [0.717, 1.165) is 12.8 Å². The Kier molecular flexibility index (Phi) is 4.62. The highest BCUT2D eigenvalue weighted by molar-refractivity contribution is 8.13. The van der Waals surface area contributed by atoms with Gasteiger partial charge in [0.15, 0.2) is 0 Å². The number of hydrogen-bond donors (Lipinski definition) is 0. The molecule has 0 aromatic heterocycles. The van der Waals surface area contributed by atoms with Gasteiger partial charge in [-0.05, 0) is 37.0 Å². The first-order chi connectivity index (χ1) is 9.29. The molecular formula is C13H15Cl2NO3S. The normalized spacial score (nSPS) is 15.8. The zero-order chi connectivity index (χ0) is 14.9. The molecule has 0 atom stereocenters. The molecule has 20 heavy (non-hydrogen) atoms. The van der Waals surface area contributed by atoms with Crippen LogP contribution >= 0.6 is 22.3 Å². The Morgan fingerprint density at radius 1 is 1.40 bits per heavy atom. The predicted octanol–water partition coefficient (Wildman–Crippen LogP) is 3.14. The Balaban J connectivity index is 2.21. The van der Waals surface area contributed by atoms with Gasteiger partial charge in [-0.2, -0.15) is 0 Å². The highest BCUT2D eigenvalue weighted by atomic mass is 35.7. The van der Waals surface area contributed by atoms with Crippen molar-refractivity contribution in [1.82, 2.24) is 4.90 Å². The molecule has 110 valence electrons. The fourth-order valence-corrected chi connectivity index (χ4v) is 3.68. The van der Waals surface area contributed by atoms with Crippen molar-refractivity contribution in [3.63, 3.8) is 0 Å². The Morgan fingerprint density at radius 2 is 2.05 bits per heavy atom. The van der Waals surface area contributed by atoms with Crippen LogP contribution in [-0.4, -0.2) is 32.8 Å². The molecule has 0 radical (unpaired) electrons.